The molecule has 0 aromatic carbocycles. The van der Waals surface area contributed by atoms with Gasteiger partial charge in [0.25, 0.3) is 0 Å². The van der Waals surface area contributed by atoms with Crippen molar-refractivity contribution in [2.75, 3.05) is 5.32 Å². The second kappa shape index (κ2) is 5.85. The lowest BCUT2D eigenvalue weighted by atomic mass is 10.2. The first-order valence-electron chi connectivity index (χ1n) is 6.23. The van der Waals surface area contributed by atoms with Crippen LogP contribution in [0, 0.1) is 0 Å². The molecule has 0 aliphatic rings. The van der Waals surface area contributed by atoms with Crippen LogP contribution in [0.5, 0.6) is 0 Å². The largest absolute Gasteiger partial charge is 0.467 e. The summed E-state index contributed by atoms with van der Waals surface area (Å²) < 4.78 is 12.1. The molecule has 1 atom stereocenters. The lowest BCUT2D eigenvalue weighted by Crippen LogP contribution is -2.17. The van der Waals surface area contributed by atoms with Gasteiger partial charge in [-0.05, 0) is 52.9 Å². The molecule has 3 aromatic heterocycles. The Labute approximate surface area is 133 Å². The van der Waals surface area contributed by atoms with E-state index in [1.807, 2.05) is 19.1 Å². The molecule has 0 amide bonds. The summed E-state index contributed by atoms with van der Waals surface area (Å²) in [5.41, 5.74) is 6.91. The molecule has 106 valence electrons. The molecular formula is C13H14BrN3OS2. The fourth-order valence-corrected chi connectivity index (χ4v) is 5.04. The highest BCUT2D eigenvalue weighted by atomic mass is 79.9. The molecule has 3 rings (SSSR count). The van der Waals surface area contributed by atoms with Crippen molar-refractivity contribution in [3.63, 3.8) is 0 Å². The maximum atomic E-state index is 5.88. The van der Waals surface area contributed by atoms with Gasteiger partial charge < -0.3 is 15.5 Å². The number of nitrogens with two attached hydrogens (primary N) is 1. The van der Waals surface area contributed by atoms with Gasteiger partial charge in [-0.15, -0.1) is 11.3 Å². The van der Waals surface area contributed by atoms with E-state index in [1.54, 1.807) is 17.6 Å². The topological polar surface area (TPSA) is 64.1 Å². The van der Waals surface area contributed by atoms with Gasteiger partial charge in [0.1, 0.15) is 16.3 Å². The number of halogens is 1. The Morgan fingerprint density at radius 2 is 2.40 bits per heavy atom. The minimum atomic E-state index is 0.150. The molecule has 0 saturated heterocycles. The number of thiophene rings is 1. The van der Waals surface area contributed by atoms with E-state index in [0.717, 1.165) is 27.2 Å². The third-order valence-electron chi connectivity index (χ3n) is 2.84. The third kappa shape index (κ3) is 2.76. The Morgan fingerprint density at radius 1 is 1.55 bits per heavy atom. The second-order valence-electron chi connectivity index (χ2n) is 4.64. The maximum absolute atomic E-state index is 5.88. The molecule has 0 fully saturated rings. The molecule has 0 saturated carbocycles. The lowest BCUT2D eigenvalue weighted by Gasteiger charge is -2.02. The van der Waals surface area contributed by atoms with E-state index in [4.69, 9.17) is 10.2 Å². The summed E-state index contributed by atoms with van der Waals surface area (Å²) in [5.74, 6) is 0.915. The summed E-state index contributed by atoms with van der Waals surface area (Å²) in [5, 5.41) is 4.47. The van der Waals surface area contributed by atoms with Crippen molar-refractivity contribution in [1.29, 1.82) is 0 Å². The van der Waals surface area contributed by atoms with Gasteiger partial charge in [0.15, 0.2) is 0 Å². The summed E-state index contributed by atoms with van der Waals surface area (Å²) in [6, 6.07) is 4.00. The monoisotopic (exact) mass is 371 g/mol. The second-order valence-corrected chi connectivity index (χ2v) is 7.31. The highest BCUT2D eigenvalue weighted by Gasteiger charge is 2.17. The van der Waals surface area contributed by atoms with Crippen molar-refractivity contribution < 1.29 is 4.42 Å². The van der Waals surface area contributed by atoms with Crippen LogP contribution in [0.25, 0.3) is 10.2 Å². The Hall–Kier alpha value is -0.890. The van der Waals surface area contributed by atoms with Crippen molar-refractivity contribution in [1.82, 2.24) is 4.37 Å². The highest BCUT2D eigenvalue weighted by Crippen LogP contribution is 2.41. The third-order valence-corrected chi connectivity index (χ3v) is 6.11. The predicted octanol–water partition coefficient (Wildman–Crippen LogP) is 4.22. The van der Waals surface area contributed by atoms with Crippen LogP contribution in [-0.4, -0.2) is 10.4 Å². The quantitative estimate of drug-likeness (QED) is 0.704. The number of nitrogens with zero attached hydrogens (tertiary/aromatic N) is 1. The number of rotatable bonds is 5. The zero-order chi connectivity index (χ0) is 14.1. The standard InChI is InChI=1S/C13H14BrN3OS2/c1-7(15)5-9-10(14)11-12(19-9)13(20-17-11)16-6-8-3-2-4-18-8/h2-4,7,16H,5-6,15H2,1H3/t7-/m0/s1. The summed E-state index contributed by atoms with van der Waals surface area (Å²) in [6.07, 6.45) is 2.55. The summed E-state index contributed by atoms with van der Waals surface area (Å²) in [7, 11) is 0. The van der Waals surface area contributed by atoms with Gasteiger partial charge >= 0.3 is 0 Å². The molecule has 0 radical (unpaired) electrons. The van der Waals surface area contributed by atoms with Gasteiger partial charge in [0.2, 0.25) is 0 Å². The van der Waals surface area contributed by atoms with E-state index >= 15 is 0 Å². The molecule has 0 aliphatic heterocycles. The first kappa shape index (κ1) is 14.1. The number of aromatic nitrogens is 1. The fraction of sp³-hybridized carbons (Fsp3) is 0.308. The molecule has 3 heterocycles. The van der Waals surface area contributed by atoms with E-state index < -0.39 is 0 Å². The van der Waals surface area contributed by atoms with Crippen molar-refractivity contribution >= 4 is 54.0 Å². The molecule has 3 aromatic rings. The fourth-order valence-electron chi connectivity index (χ4n) is 1.93. The van der Waals surface area contributed by atoms with E-state index in [1.165, 1.54) is 21.1 Å². The number of furan rings is 1. The number of anilines is 1. The van der Waals surface area contributed by atoms with Crippen LogP contribution < -0.4 is 11.1 Å². The Balaban J connectivity index is 1.84. The molecule has 4 nitrogen and oxygen atoms in total. The van der Waals surface area contributed by atoms with Crippen LogP contribution in [0.3, 0.4) is 0 Å². The molecule has 20 heavy (non-hydrogen) atoms. The van der Waals surface area contributed by atoms with E-state index in [9.17, 15) is 0 Å². The highest BCUT2D eigenvalue weighted by molar-refractivity contribution is 9.10. The summed E-state index contributed by atoms with van der Waals surface area (Å²) in [6.45, 7) is 2.69. The predicted molar refractivity (Wildman–Crippen MR) is 88.6 cm³/mol. The average molecular weight is 372 g/mol. The molecule has 0 aliphatic carbocycles. The maximum Gasteiger partial charge on any atom is 0.127 e. The number of fused-ring (bicyclic) bond motifs is 1. The molecule has 0 bridgehead atoms. The van der Waals surface area contributed by atoms with Crippen LogP contribution in [0.15, 0.2) is 27.3 Å². The van der Waals surface area contributed by atoms with E-state index in [-0.39, 0.29) is 6.04 Å². The number of hydrogen-bond donors (Lipinski definition) is 2. The van der Waals surface area contributed by atoms with Gasteiger partial charge in [0.05, 0.1) is 22.0 Å². The van der Waals surface area contributed by atoms with Crippen molar-refractivity contribution in [2.24, 2.45) is 5.73 Å². The molecule has 0 unspecified atom stereocenters. The van der Waals surface area contributed by atoms with Crippen molar-refractivity contribution in [3.8, 4) is 0 Å². The van der Waals surface area contributed by atoms with Gasteiger partial charge in [-0.1, -0.05) is 0 Å². The van der Waals surface area contributed by atoms with Crippen LogP contribution in [0.1, 0.15) is 17.6 Å². The zero-order valence-electron chi connectivity index (χ0n) is 10.9. The van der Waals surface area contributed by atoms with E-state index in [0.29, 0.717) is 6.54 Å². The Kier molecular flexibility index (Phi) is 4.11. The average Bonchev–Trinajstić information content (AvgIpc) is 3.08. The van der Waals surface area contributed by atoms with Crippen LogP contribution >= 0.6 is 38.8 Å². The smallest absolute Gasteiger partial charge is 0.127 e. The number of hydrogen-bond acceptors (Lipinski definition) is 6. The number of nitrogens with one attached hydrogen (secondary N) is 1. The Bertz CT molecular complexity index is 703. The minimum absolute atomic E-state index is 0.150. The first-order valence-corrected chi connectivity index (χ1v) is 8.62. The first-order chi connectivity index (χ1) is 9.65. The minimum Gasteiger partial charge on any atom is -0.467 e. The van der Waals surface area contributed by atoms with Gasteiger partial charge in [-0.2, -0.15) is 4.37 Å². The zero-order valence-corrected chi connectivity index (χ0v) is 14.1. The van der Waals surface area contributed by atoms with Crippen molar-refractivity contribution in [3.05, 3.63) is 33.5 Å². The molecule has 7 heteroatoms. The molecular weight excluding hydrogens is 358 g/mol. The lowest BCUT2D eigenvalue weighted by molar-refractivity contribution is 0.518. The summed E-state index contributed by atoms with van der Waals surface area (Å²) >= 11 is 6.87. The van der Waals surface area contributed by atoms with E-state index in [2.05, 4.69) is 25.6 Å². The van der Waals surface area contributed by atoms with Gasteiger partial charge in [0, 0.05) is 10.9 Å². The van der Waals surface area contributed by atoms with Crippen LogP contribution in [-0.2, 0) is 13.0 Å². The molecule has 0 spiro atoms. The van der Waals surface area contributed by atoms with Crippen LogP contribution in [0.4, 0.5) is 5.00 Å². The normalized spacial score (nSPS) is 12.9. The van der Waals surface area contributed by atoms with Crippen molar-refractivity contribution in [2.45, 2.75) is 25.9 Å². The SMILES string of the molecule is C[C@H](N)Cc1sc2c(NCc3ccco3)snc2c1Br. The van der Waals surface area contributed by atoms with Gasteiger partial charge in [-0.3, -0.25) is 0 Å². The van der Waals surface area contributed by atoms with Crippen LogP contribution in [0.2, 0.25) is 0 Å². The molecule has 3 N–H and O–H groups in total. The van der Waals surface area contributed by atoms with Gasteiger partial charge in [-0.25, -0.2) is 0 Å². The summed E-state index contributed by atoms with van der Waals surface area (Å²) in [4.78, 5) is 1.26. The Morgan fingerprint density at radius 3 is 3.10 bits per heavy atom.